The number of allylic oxidation sites excluding steroid dienone is 4. The molecule has 35 heavy (non-hydrogen) atoms. The zero-order chi connectivity index (χ0) is 24.8. The van der Waals surface area contributed by atoms with Crippen molar-refractivity contribution in [3.63, 3.8) is 0 Å². The SMILES string of the molecule is CC#C[C@@]1(O)CC[C@H]2[C@@H]3CCC4=CC(=O)C(c5ccc(OCCN(C)C)cc5)CC4=C3CC[C@@]21C. The van der Waals surface area contributed by atoms with Gasteiger partial charge in [-0.25, -0.2) is 0 Å². The molecule has 1 aromatic rings. The summed E-state index contributed by atoms with van der Waals surface area (Å²) < 4.78 is 5.85. The van der Waals surface area contributed by atoms with Gasteiger partial charge in [-0.1, -0.05) is 30.6 Å². The van der Waals surface area contributed by atoms with E-state index in [0.29, 0.717) is 18.4 Å². The van der Waals surface area contributed by atoms with E-state index in [0.717, 1.165) is 62.8 Å². The van der Waals surface area contributed by atoms with Crippen molar-refractivity contribution in [2.75, 3.05) is 27.2 Å². The molecule has 2 saturated carbocycles. The lowest BCUT2D eigenvalue weighted by atomic mass is 9.55. The number of likely N-dealkylation sites (N-methyl/N-ethyl adjacent to an activating group) is 1. The Morgan fingerprint density at radius 3 is 2.63 bits per heavy atom. The monoisotopic (exact) mass is 473 g/mol. The molecule has 4 heteroatoms. The molecule has 4 aliphatic carbocycles. The molecule has 0 aromatic heterocycles. The molecule has 4 nitrogen and oxygen atoms in total. The highest BCUT2D eigenvalue weighted by atomic mass is 16.5. The number of ketones is 1. The van der Waals surface area contributed by atoms with Crippen LogP contribution in [-0.4, -0.2) is 48.6 Å². The lowest BCUT2D eigenvalue weighted by Gasteiger charge is -2.50. The molecular formula is C31H39NO3. The third-order valence-corrected chi connectivity index (χ3v) is 9.42. The van der Waals surface area contributed by atoms with Crippen molar-refractivity contribution in [3.05, 3.63) is 52.6 Å². The van der Waals surface area contributed by atoms with Crippen LogP contribution in [0.2, 0.25) is 0 Å². The normalized spacial score (nSPS) is 33.9. The van der Waals surface area contributed by atoms with Gasteiger partial charge in [0.05, 0.1) is 5.92 Å². The first kappa shape index (κ1) is 24.3. The van der Waals surface area contributed by atoms with Crippen LogP contribution in [0.25, 0.3) is 0 Å². The maximum Gasteiger partial charge on any atom is 0.163 e. The van der Waals surface area contributed by atoms with Gasteiger partial charge < -0.3 is 14.7 Å². The summed E-state index contributed by atoms with van der Waals surface area (Å²) in [6.45, 7) is 5.63. The molecule has 5 atom stereocenters. The molecule has 0 heterocycles. The van der Waals surface area contributed by atoms with Crippen LogP contribution in [0, 0.1) is 29.1 Å². The fourth-order valence-corrected chi connectivity index (χ4v) is 7.39. The summed E-state index contributed by atoms with van der Waals surface area (Å²) in [5, 5.41) is 11.4. The van der Waals surface area contributed by atoms with Crippen molar-refractivity contribution in [2.45, 2.75) is 70.3 Å². The van der Waals surface area contributed by atoms with Gasteiger partial charge in [0.2, 0.25) is 0 Å². The zero-order valence-electron chi connectivity index (χ0n) is 21.7. The summed E-state index contributed by atoms with van der Waals surface area (Å²) >= 11 is 0. The molecule has 2 fully saturated rings. The Balaban J connectivity index is 1.38. The molecule has 186 valence electrons. The van der Waals surface area contributed by atoms with Crippen LogP contribution < -0.4 is 4.74 Å². The van der Waals surface area contributed by atoms with Crippen molar-refractivity contribution in [3.8, 4) is 17.6 Å². The summed E-state index contributed by atoms with van der Waals surface area (Å²) in [5.41, 5.74) is 4.36. The van der Waals surface area contributed by atoms with Crippen molar-refractivity contribution >= 4 is 5.78 Å². The lowest BCUT2D eigenvalue weighted by molar-refractivity contribution is -0.116. The first-order chi connectivity index (χ1) is 16.8. The predicted molar refractivity (Wildman–Crippen MR) is 139 cm³/mol. The second kappa shape index (κ2) is 9.26. The van der Waals surface area contributed by atoms with Gasteiger partial charge in [0.15, 0.2) is 5.78 Å². The summed E-state index contributed by atoms with van der Waals surface area (Å²) in [7, 11) is 4.07. The van der Waals surface area contributed by atoms with E-state index in [2.05, 4.69) is 35.8 Å². The molecule has 1 unspecified atom stereocenters. The Hall–Kier alpha value is -2.35. The van der Waals surface area contributed by atoms with E-state index in [4.69, 9.17) is 4.74 Å². The van der Waals surface area contributed by atoms with Gasteiger partial charge in [0.1, 0.15) is 18.0 Å². The molecular weight excluding hydrogens is 434 g/mol. The van der Waals surface area contributed by atoms with Gasteiger partial charge in [-0.05, 0) is 113 Å². The van der Waals surface area contributed by atoms with E-state index < -0.39 is 5.60 Å². The van der Waals surface area contributed by atoms with Gasteiger partial charge in [-0.3, -0.25) is 4.79 Å². The molecule has 0 aliphatic heterocycles. The molecule has 0 spiro atoms. The number of rotatable bonds is 5. The number of ether oxygens (including phenoxy) is 1. The molecule has 0 radical (unpaired) electrons. The van der Waals surface area contributed by atoms with Crippen LogP contribution in [0.15, 0.2) is 47.1 Å². The molecule has 1 N–H and O–H groups in total. The highest BCUT2D eigenvalue weighted by Gasteiger charge is 2.60. The fourth-order valence-electron chi connectivity index (χ4n) is 7.39. The van der Waals surface area contributed by atoms with Gasteiger partial charge in [-0.2, -0.15) is 0 Å². The third kappa shape index (κ3) is 4.17. The largest absolute Gasteiger partial charge is 0.492 e. The van der Waals surface area contributed by atoms with Gasteiger partial charge >= 0.3 is 0 Å². The quantitative estimate of drug-likeness (QED) is 0.591. The molecule has 1 aromatic carbocycles. The number of carbonyl (C=O) groups excluding carboxylic acids is 1. The van der Waals surface area contributed by atoms with Gasteiger partial charge in [-0.15, -0.1) is 5.92 Å². The number of carbonyl (C=O) groups is 1. The van der Waals surface area contributed by atoms with E-state index >= 15 is 0 Å². The van der Waals surface area contributed by atoms with Crippen molar-refractivity contribution in [1.82, 2.24) is 4.90 Å². The minimum absolute atomic E-state index is 0.115. The van der Waals surface area contributed by atoms with E-state index in [1.165, 1.54) is 11.1 Å². The summed E-state index contributed by atoms with van der Waals surface area (Å²) in [6.07, 6.45) is 8.62. The predicted octanol–water partition coefficient (Wildman–Crippen LogP) is 5.28. The number of hydrogen-bond acceptors (Lipinski definition) is 4. The van der Waals surface area contributed by atoms with Crippen LogP contribution in [0.4, 0.5) is 0 Å². The summed E-state index contributed by atoms with van der Waals surface area (Å²) in [5.74, 6) is 8.15. The van der Waals surface area contributed by atoms with Crippen molar-refractivity contribution in [2.24, 2.45) is 17.3 Å². The van der Waals surface area contributed by atoms with Crippen molar-refractivity contribution < 1.29 is 14.6 Å². The Morgan fingerprint density at radius 1 is 1.14 bits per heavy atom. The number of aliphatic hydroxyl groups is 1. The van der Waals surface area contributed by atoms with Crippen molar-refractivity contribution in [1.29, 1.82) is 0 Å². The minimum atomic E-state index is -0.861. The second-order valence-electron chi connectivity index (χ2n) is 11.5. The molecule has 0 saturated heterocycles. The first-order valence-electron chi connectivity index (χ1n) is 13.3. The smallest absolute Gasteiger partial charge is 0.163 e. The van der Waals surface area contributed by atoms with Gasteiger partial charge in [0, 0.05) is 12.0 Å². The number of fused-ring (bicyclic) bond motifs is 4. The van der Waals surface area contributed by atoms with Crippen LogP contribution in [0.5, 0.6) is 5.75 Å². The van der Waals surface area contributed by atoms with Crippen LogP contribution >= 0.6 is 0 Å². The third-order valence-electron chi connectivity index (χ3n) is 9.42. The van der Waals surface area contributed by atoms with Gasteiger partial charge in [0.25, 0.3) is 0 Å². The fraction of sp³-hybridized carbons (Fsp3) is 0.581. The number of nitrogens with zero attached hydrogens (tertiary/aromatic N) is 1. The molecule has 5 rings (SSSR count). The Kier molecular flexibility index (Phi) is 6.45. The first-order valence-corrected chi connectivity index (χ1v) is 13.3. The number of hydrogen-bond donors (Lipinski definition) is 1. The van der Waals surface area contributed by atoms with E-state index in [9.17, 15) is 9.90 Å². The average Bonchev–Trinajstić information content (AvgIpc) is 3.09. The maximum atomic E-state index is 13.1. The van der Waals surface area contributed by atoms with E-state index in [1.807, 2.05) is 39.2 Å². The molecule has 4 aliphatic rings. The molecule has 0 bridgehead atoms. The molecule has 0 amide bonds. The van der Waals surface area contributed by atoms with Crippen LogP contribution in [-0.2, 0) is 4.79 Å². The minimum Gasteiger partial charge on any atom is -0.492 e. The van der Waals surface area contributed by atoms with E-state index in [1.54, 1.807) is 5.57 Å². The average molecular weight is 474 g/mol. The Morgan fingerprint density at radius 2 is 1.91 bits per heavy atom. The zero-order valence-corrected chi connectivity index (χ0v) is 21.7. The maximum absolute atomic E-state index is 13.1. The van der Waals surface area contributed by atoms with Crippen LogP contribution in [0.3, 0.4) is 0 Å². The number of benzene rings is 1. The summed E-state index contributed by atoms with van der Waals surface area (Å²) in [6, 6.07) is 8.13. The second-order valence-corrected chi connectivity index (χ2v) is 11.5. The van der Waals surface area contributed by atoms with E-state index in [-0.39, 0.29) is 17.1 Å². The van der Waals surface area contributed by atoms with Crippen LogP contribution in [0.1, 0.15) is 70.3 Å². The highest BCUT2D eigenvalue weighted by molar-refractivity contribution is 5.98. The highest BCUT2D eigenvalue weighted by Crippen LogP contribution is 2.63. The summed E-state index contributed by atoms with van der Waals surface area (Å²) in [4.78, 5) is 15.2. The standard InChI is InChI=1S/C31H39NO3/c1-5-14-31(34)16-13-28-25-11-8-22-19-29(33)27(20-26(22)24(25)12-15-30(28,31)2)21-6-9-23(10-7-21)35-18-17-32(3)4/h6-7,9-10,19,25,27-28,34H,8,11-13,15-18,20H2,1-4H3/t25-,27?,28+,30+,31-/m1/s1. The Labute approximate surface area is 210 Å². The topological polar surface area (TPSA) is 49.8 Å². The lowest BCUT2D eigenvalue weighted by Crippen LogP contribution is -2.49. The Bertz CT molecular complexity index is 1120.